The van der Waals surface area contributed by atoms with Crippen molar-refractivity contribution in [1.29, 1.82) is 0 Å². The molecule has 1 aliphatic heterocycles. The lowest BCUT2D eigenvalue weighted by Gasteiger charge is -2.25. The van der Waals surface area contributed by atoms with Crippen LogP contribution >= 0.6 is 0 Å². The molecule has 0 radical (unpaired) electrons. The number of ether oxygens (including phenoxy) is 2. The monoisotopic (exact) mass is 275 g/mol. The molecule has 0 saturated carbocycles. The van der Waals surface area contributed by atoms with Crippen LogP contribution in [0.3, 0.4) is 0 Å². The third kappa shape index (κ3) is 3.53. The Labute approximate surface area is 117 Å². The van der Waals surface area contributed by atoms with Gasteiger partial charge < -0.3 is 14.6 Å². The van der Waals surface area contributed by atoms with Crippen LogP contribution < -0.4 is 0 Å². The van der Waals surface area contributed by atoms with E-state index >= 15 is 0 Å². The minimum Gasteiger partial charge on any atom is -0.480 e. The van der Waals surface area contributed by atoms with Gasteiger partial charge in [0.05, 0.1) is 13.2 Å². The van der Waals surface area contributed by atoms with Crippen LogP contribution in [0.1, 0.15) is 12.5 Å². The Kier molecular flexibility index (Phi) is 4.65. The molecule has 0 spiro atoms. The molecule has 106 valence electrons. The van der Waals surface area contributed by atoms with E-state index in [-0.39, 0.29) is 0 Å². The van der Waals surface area contributed by atoms with E-state index in [4.69, 9.17) is 9.47 Å². The average molecular weight is 275 g/mol. The maximum absolute atomic E-state index is 11.3. The van der Waals surface area contributed by atoms with Gasteiger partial charge in [-0.05, 0) is 18.6 Å². The number of allylic oxidation sites excluding steroid dienone is 1. The second kappa shape index (κ2) is 6.45. The van der Waals surface area contributed by atoms with Crippen molar-refractivity contribution in [3.8, 4) is 0 Å². The highest BCUT2D eigenvalue weighted by Gasteiger charge is 2.44. The summed E-state index contributed by atoms with van der Waals surface area (Å²) >= 11 is 0. The summed E-state index contributed by atoms with van der Waals surface area (Å²) in [5, 5.41) is 9.22. The van der Waals surface area contributed by atoms with E-state index in [1.165, 1.54) is 6.21 Å². The van der Waals surface area contributed by atoms with Gasteiger partial charge in [-0.2, -0.15) is 0 Å². The Morgan fingerprint density at radius 1 is 1.35 bits per heavy atom. The molecule has 1 aromatic rings. The lowest BCUT2D eigenvalue weighted by atomic mass is 10.1. The number of carboxylic acids is 1. The predicted octanol–water partition coefficient (Wildman–Crippen LogP) is 1.99. The van der Waals surface area contributed by atoms with Gasteiger partial charge in [0, 0.05) is 6.21 Å². The van der Waals surface area contributed by atoms with E-state index in [1.54, 1.807) is 13.0 Å². The Hall–Kier alpha value is -1.98. The third-order valence-corrected chi connectivity index (χ3v) is 3.00. The van der Waals surface area contributed by atoms with Crippen molar-refractivity contribution in [3.63, 3.8) is 0 Å². The molecule has 1 heterocycles. The van der Waals surface area contributed by atoms with Crippen molar-refractivity contribution < 1.29 is 19.4 Å². The summed E-state index contributed by atoms with van der Waals surface area (Å²) < 4.78 is 10.7. The number of carboxylic acid groups (broad SMARTS) is 1. The second-order valence-electron chi connectivity index (χ2n) is 4.52. The summed E-state index contributed by atoms with van der Waals surface area (Å²) in [6.07, 6.45) is 5.01. The van der Waals surface area contributed by atoms with Gasteiger partial charge in [0.2, 0.25) is 0 Å². The fourth-order valence-corrected chi connectivity index (χ4v) is 1.97. The summed E-state index contributed by atoms with van der Waals surface area (Å²) in [6.45, 7) is 2.36. The maximum atomic E-state index is 11.3. The van der Waals surface area contributed by atoms with Gasteiger partial charge in [0.25, 0.3) is 0 Å². The number of benzene rings is 1. The van der Waals surface area contributed by atoms with Gasteiger partial charge in [-0.1, -0.05) is 36.4 Å². The number of hydrogen-bond donors (Lipinski definition) is 1. The number of rotatable bonds is 5. The van der Waals surface area contributed by atoms with E-state index in [1.807, 2.05) is 36.4 Å². The normalized spacial score (nSPS) is 19.6. The largest absolute Gasteiger partial charge is 0.480 e. The lowest BCUT2D eigenvalue weighted by molar-refractivity contribution is -0.178. The van der Waals surface area contributed by atoms with Crippen molar-refractivity contribution in [2.75, 3.05) is 13.2 Å². The van der Waals surface area contributed by atoms with E-state index < -0.39 is 17.8 Å². The minimum absolute atomic E-state index is 0.385. The zero-order valence-electron chi connectivity index (χ0n) is 11.2. The summed E-state index contributed by atoms with van der Waals surface area (Å²) in [4.78, 5) is 15.3. The van der Waals surface area contributed by atoms with Gasteiger partial charge in [-0.3, -0.25) is 4.99 Å². The van der Waals surface area contributed by atoms with Crippen LogP contribution in [0.4, 0.5) is 0 Å². The van der Waals surface area contributed by atoms with Crippen LogP contribution in [0, 0.1) is 0 Å². The van der Waals surface area contributed by atoms with Gasteiger partial charge in [-0.25, -0.2) is 4.79 Å². The molecular formula is C15H17NO4. The SMILES string of the molecule is CC1(C(N=CC=Cc2ccccc2)C(=O)O)OCCO1. The summed E-state index contributed by atoms with van der Waals surface area (Å²) in [5.41, 5.74) is 1.02. The van der Waals surface area contributed by atoms with E-state index in [0.29, 0.717) is 13.2 Å². The molecule has 2 rings (SSSR count). The number of nitrogens with zero attached hydrogens (tertiary/aromatic N) is 1. The van der Waals surface area contributed by atoms with Crippen LogP contribution in [0.2, 0.25) is 0 Å². The fraction of sp³-hybridized carbons (Fsp3) is 0.333. The van der Waals surface area contributed by atoms with Crippen LogP contribution in [-0.2, 0) is 14.3 Å². The van der Waals surface area contributed by atoms with Crippen molar-refractivity contribution in [3.05, 3.63) is 42.0 Å². The highest BCUT2D eigenvalue weighted by molar-refractivity contribution is 5.82. The molecule has 1 aromatic carbocycles. The van der Waals surface area contributed by atoms with Gasteiger partial charge >= 0.3 is 5.97 Å². The second-order valence-corrected chi connectivity index (χ2v) is 4.52. The number of hydrogen-bond acceptors (Lipinski definition) is 4. The molecule has 1 unspecified atom stereocenters. The first-order valence-corrected chi connectivity index (χ1v) is 6.37. The van der Waals surface area contributed by atoms with Crippen LogP contribution in [-0.4, -0.2) is 42.3 Å². The molecule has 1 aliphatic rings. The fourth-order valence-electron chi connectivity index (χ4n) is 1.97. The van der Waals surface area contributed by atoms with Gasteiger partial charge in [-0.15, -0.1) is 0 Å². The molecule has 0 aromatic heterocycles. The quantitative estimate of drug-likeness (QED) is 0.834. The van der Waals surface area contributed by atoms with Crippen LogP contribution in [0.5, 0.6) is 0 Å². The lowest BCUT2D eigenvalue weighted by Crippen LogP contribution is -2.44. The van der Waals surface area contributed by atoms with Crippen molar-refractivity contribution in [2.24, 2.45) is 4.99 Å². The third-order valence-electron chi connectivity index (χ3n) is 3.00. The highest BCUT2D eigenvalue weighted by Crippen LogP contribution is 2.25. The molecule has 0 bridgehead atoms. The van der Waals surface area contributed by atoms with Crippen molar-refractivity contribution >= 4 is 18.3 Å². The topological polar surface area (TPSA) is 68.1 Å². The van der Waals surface area contributed by atoms with Crippen molar-refractivity contribution in [2.45, 2.75) is 18.8 Å². The first kappa shape index (κ1) is 14.4. The Bertz CT molecular complexity index is 504. The maximum Gasteiger partial charge on any atom is 0.334 e. The van der Waals surface area contributed by atoms with Crippen molar-refractivity contribution in [1.82, 2.24) is 0 Å². The van der Waals surface area contributed by atoms with E-state index in [0.717, 1.165) is 5.56 Å². The van der Waals surface area contributed by atoms with Gasteiger partial charge in [0.1, 0.15) is 0 Å². The zero-order valence-corrected chi connectivity index (χ0v) is 11.2. The van der Waals surface area contributed by atoms with Gasteiger partial charge in [0.15, 0.2) is 11.8 Å². The summed E-state index contributed by atoms with van der Waals surface area (Å²) in [5.74, 6) is -2.26. The molecule has 0 aliphatic carbocycles. The molecular weight excluding hydrogens is 258 g/mol. The molecule has 0 amide bonds. The average Bonchev–Trinajstić information content (AvgIpc) is 2.87. The standard InChI is InChI=1S/C15H17NO4/c1-15(19-10-11-20-15)13(14(17)18)16-9-5-8-12-6-3-2-4-7-12/h2-9,13H,10-11H2,1H3,(H,17,18). The Morgan fingerprint density at radius 2 is 2.00 bits per heavy atom. The molecule has 5 nitrogen and oxygen atoms in total. The van der Waals surface area contributed by atoms with Crippen LogP contribution in [0.25, 0.3) is 6.08 Å². The smallest absolute Gasteiger partial charge is 0.334 e. The van der Waals surface area contributed by atoms with E-state index in [9.17, 15) is 9.90 Å². The predicted molar refractivity (Wildman–Crippen MR) is 75.7 cm³/mol. The van der Waals surface area contributed by atoms with Crippen LogP contribution in [0.15, 0.2) is 41.4 Å². The van der Waals surface area contributed by atoms with E-state index in [2.05, 4.69) is 4.99 Å². The number of aliphatic imine (C=N–C) groups is 1. The zero-order chi connectivity index (χ0) is 14.4. The molecule has 1 fully saturated rings. The molecule has 1 atom stereocenters. The summed E-state index contributed by atoms with van der Waals surface area (Å²) in [6, 6.07) is 8.61. The minimum atomic E-state index is -1.19. The summed E-state index contributed by atoms with van der Waals surface area (Å²) in [7, 11) is 0. The Morgan fingerprint density at radius 3 is 2.60 bits per heavy atom. The molecule has 5 heteroatoms. The first-order chi connectivity index (χ1) is 9.62. The first-order valence-electron chi connectivity index (χ1n) is 6.37. The molecule has 20 heavy (non-hydrogen) atoms. The number of aliphatic carboxylic acids is 1. The molecule has 1 N–H and O–H groups in total. The Balaban J connectivity index is 2.03. The highest BCUT2D eigenvalue weighted by atomic mass is 16.7. The number of carbonyl (C=O) groups is 1. The molecule has 1 saturated heterocycles.